The van der Waals surface area contributed by atoms with Crippen LogP contribution in [0.5, 0.6) is 0 Å². The topological polar surface area (TPSA) is 86.7 Å². The van der Waals surface area contributed by atoms with Crippen molar-refractivity contribution in [3.63, 3.8) is 0 Å². The lowest BCUT2D eigenvalue weighted by molar-refractivity contribution is -0.225. The third-order valence-corrected chi connectivity index (χ3v) is 18.9. The van der Waals surface area contributed by atoms with Crippen LogP contribution >= 0.6 is 0 Å². The summed E-state index contributed by atoms with van der Waals surface area (Å²) >= 11 is 0. The quantitative estimate of drug-likeness (QED) is 0.184. The van der Waals surface area contributed by atoms with Gasteiger partial charge in [-0.3, -0.25) is 0 Å². The summed E-state index contributed by atoms with van der Waals surface area (Å²) in [5, 5.41) is 13.5. The van der Waals surface area contributed by atoms with E-state index in [4.69, 9.17) is 0 Å². The van der Waals surface area contributed by atoms with Gasteiger partial charge in [0.2, 0.25) is 0 Å². The summed E-state index contributed by atoms with van der Waals surface area (Å²) in [4.78, 5) is 13.9. The van der Waals surface area contributed by atoms with E-state index in [9.17, 15) is 18.3 Å². The molecule has 1 heterocycles. The van der Waals surface area contributed by atoms with E-state index in [0.717, 1.165) is 44.8 Å². The summed E-state index contributed by atoms with van der Waals surface area (Å²) in [7, 11) is -2.82. The molecule has 52 heavy (non-hydrogen) atoms. The fraction of sp³-hybridized carbons (Fsp3) is 0.756. The first-order valence-electron chi connectivity index (χ1n) is 20.8. The molecule has 5 fully saturated rings. The summed E-state index contributed by atoms with van der Waals surface area (Å²) < 4.78 is 23.7. The molecule has 1 saturated heterocycles. The highest BCUT2D eigenvalue weighted by Crippen LogP contribution is 2.77. The second-order valence-corrected chi connectivity index (χ2v) is 22.2. The van der Waals surface area contributed by atoms with E-state index in [2.05, 4.69) is 64.4 Å². The number of aromatic carboxylic acids is 1. The van der Waals surface area contributed by atoms with E-state index >= 15 is 0 Å². The van der Waals surface area contributed by atoms with Gasteiger partial charge in [0, 0.05) is 19.6 Å². The number of hydrogen-bond acceptors (Lipinski definition) is 5. The van der Waals surface area contributed by atoms with Gasteiger partial charge in [-0.1, -0.05) is 65.0 Å². The van der Waals surface area contributed by atoms with Crippen LogP contribution in [0, 0.1) is 56.7 Å². The van der Waals surface area contributed by atoms with E-state index in [1.54, 1.807) is 12.1 Å². The Labute approximate surface area is 315 Å². The highest BCUT2D eigenvalue weighted by Gasteiger charge is 2.70. The van der Waals surface area contributed by atoms with Gasteiger partial charge >= 0.3 is 5.97 Å². The van der Waals surface area contributed by atoms with Crippen molar-refractivity contribution in [1.29, 1.82) is 0 Å². The molecule has 288 valence electrons. The number of nitrogens with zero attached hydrogens (tertiary/aromatic N) is 1. The molecule has 6 nitrogen and oxygen atoms in total. The molecule has 0 aromatic heterocycles. The van der Waals surface area contributed by atoms with Gasteiger partial charge in [-0.15, -0.1) is 0 Å². The summed E-state index contributed by atoms with van der Waals surface area (Å²) in [5.41, 5.74) is 5.61. The Morgan fingerprint density at radius 2 is 1.62 bits per heavy atom. The van der Waals surface area contributed by atoms with Crippen LogP contribution in [-0.4, -0.2) is 68.6 Å². The predicted molar refractivity (Wildman–Crippen MR) is 213 cm³/mol. The fourth-order valence-electron chi connectivity index (χ4n) is 14.4. The predicted octanol–water partition coefficient (Wildman–Crippen LogP) is 9.14. The van der Waals surface area contributed by atoms with E-state index < -0.39 is 15.8 Å². The Kier molecular flexibility index (Phi) is 10.1. The van der Waals surface area contributed by atoms with Crippen LogP contribution in [0.2, 0.25) is 0 Å². The number of carboxylic acid groups (broad SMARTS) is 1. The first kappa shape index (κ1) is 38.3. The number of rotatable bonds is 10. The van der Waals surface area contributed by atoms with Gasteiger partial charge < -0.3 is 15.3 Å². The number of carbonyl (C=O) groups is 1. The minimum Gasteiger partial charge on any atom is -0.478 e. The minimum absolute atomic E-state index is 0.0230. The van der Waals surface area contributed by atoms with Gasteiger partial charge in [0.15, 0.2) is 9.84 Å². The normalized spacial score (nSPS) is 40.8. The smallest absolute Gasteiger partial charge is 0.335 e. The highest BCUT2D eigenvalue weighted by atomic mass is 32.2. The summed E-state index contributed by atoms with van der Waals surface area (Å²) in [5.74, 6) is 3.14. The number of fused-ring (bicyclic) bond motifs is 7. The van der Waals surface area contributed by atoms with Crippen molar-refractivity contribution < 1.29 is 18.3 Å². The minimum atomic E-state index is -2.82. The zero-order chi connectivity index (χ0) is 37.3. The molecule has 7 heteroatoms. The SMILES string of the molecule is C=C(C)[C@@H]1CC[C@]2(CNCCCCN3CCS(=O)(=O)CC3)CC[C@]3(C)[C@H](CC[C@@H]4[C@@]5(C)CC=C(c6ccc(C(=O)O)cc6)C(C)(C)[C@@H]5CC[C@]43C)[C@@H]12. The highest BCUT2D eigenvalue weighted by molar-refractivity contribution is 7.91. The van der Waals surface area contributed by atoms with Gasteiger partial charge in [-0.25, -0.2) is 13.2 Å². The van der Waals surface area contributed by atoms with Gasteiger partial charge in [0.05, 0.1) is 17.1 Å². The molecule has 0 amide bonds. The number of nitrogens with one attached hydrogen (secondary N) is 1. The number of benzene rings is 1. The first-order valence-corrected chi connectivity index (χ1v) is 22.6. The number of hydrogen-bond donors (Lipinski definition) is 2. The fourth-order valence-corrected chi connectivity index (χ4v) is 15.7. The molecule has 2 N–H and O–H groups in total. The van der Waals surface area contributed by atoms with Crippen molar-refractivity contribution in [3.05, 3.63) is 53.6 Å². The van der Waals surface area contributed by atoms with Gasteiger partial charge in [0.1, 0.15) is 0 Å². The van der Waals surface area contributed by atoms with Crippen LogP contribution in [0.15, 0.2) is 42.5 Å². The van der Waals surface area contributed by atoms with E-state index in [0.29, 0.717) is 70.1 Å². The number of unbranched alkanes of at least 4 members (excludes halogenated alkanes) is 1. The third kappa shape index (κ3) is 6.19. The standard InChI is InChI=1S/C45H68N2O4S/c1-31(2)34-16-21-45(30-46-24-8-9-25-47-26-28-52(50,51)29-27-47)23-22-43(6)36(39(34)45)14-15-38-42(5)19-17-35(32-10-12-33(13-11-32)40(48)49)41(3,4)37(42)18-20-44(38,43)7/h10-13,17,34,36-39,46H,1,8-9,14-16,18-30H2,2-7H3,(H,48,49)/t34-,36+,37-,38+,39+,42-,43+,44+,45+/m0/s1. The number of carboxylic acids is 1. The Balaban J connectivity index is 1.07. The van der Waals surface area contributed by atoms with Crippen molar-refractivity contribution >= 4 is 21.4 Å². The molecule has 6 aliphatic rings. The molecule has 1 aromatic rings. The van der Waals surface area contributed by atoms with Crippen LogP contribution < -0.4 is 5.32 Å². The lowest BCUT2D eigenvalue weighted by atomic mass is 9.32. The Morgan fingerprint density at radius 3 is 2.29 bits per heavy atom. The van der Waals surface area contributed by atoms with E-state index in [1.165, 1.54) is 68.1 Å². The maximum atomic E-state index is 11.8. The number of sulfone groups is 1. The molecule has 5 aliphatic carbocycles. The molecule has 9 atom stereocenters. The molecule has 0 unspecified atom stereocenters. The average Bonchev–Trinajstić information content (AvgIpc) is 3.47. The second kappa shape index (κ2) is 13.7. The zero-order valence-electron chi connectivity index (χ0n) is 33.2. The largest absolute Gasteiger partial charge is 0.478 e. The molecule has 7 rings (SSSR count). The van der Waals surface area contributed by atoms with Gasteiger partial charge in [0.25, 0.3) is 0 Å². The maximum absolute atomic E-state index is 11.8. The molecule has 0 radical (unpaired) electrons. The van der Waals surface area contributed by atoms with Crippen molar-refractivity contribution in [3.8, 4) is 0 Å². The molecule has 0 bridgehead atoms. The third-order valence-electron chi connectivity index (χ3n) is 17.3. The monoisotopic (exact) mass is 732 g/mol. The van der Waals surface area contributed by atoms with Crippen LogP contribution in [0.1, 0.15) is 128 Å². The van der Waals surface area contributed by atoms with Crippen LogP contribution in [0.25, 0.3) is 5.57 Å². The van der Waals surface area contributed by atoms with Crippen LogP contribution in [0.3, 0.4) is 0 Å². The van der Waals surface area contributed by atoms with Crippen molar-refractivity contribution in [2.24, 2.45) is 56.7 Å². The Hall–Kier alpha value is -1.96. The number of allylic oxidation sites excluding steroid dienone is 3. The van der Waals surface area contributed by atoms with Crippen LogP contribution in [0.4, 0.5) is 0 Å². The van der Waals surface area contributed by atoms with Crippen LogP contribution in [-0.2, 0) is 9.84 Å². The molecular formula is C45H68N2O4S. The molecule has 1 aliphatic heterocycles. The van der Waals surface area contributed by atoms with Gasteiger partial charge in [-0.2, -0.15) is 0 Å². The summed E-state index contributed by atoms with van der Waals surface area (Å²) in [6.45, 7) is 24.6. The Morgan fingerprint density at radius 1 is 0.904 bits per heavy atom. The Bertz CT molecular complexity index is 1670. The van der Waals surface area contributed by atoms with Crippen molar-refractivity contribution in [2.45, 2.75) is 112 Å². The maximum Gasteiger partial charge on any atom is 0.335 e. The molecule has 0 spiro atoms. The molecule has 1 aromatic carbocycles. The van der Waals surface area contributed by atoms with Gasteiger partial charge in [-0.05, 0) is 171 Å². The summed E-state index contributed by atoms with van der Waals surface area (Å²) in [6, 6.07) is 7.62. The van der Waals surface area contributed by atoms with Crippen molar-refractivity contribution in [2.75, 3.05) is 44.2 Å². The second-order valence-electron chi connectivity index (χ2n) is 19.9. The lowest BCUT2D eigenvalue weighted by Crippen LogP contribution is -2.65. The molecule has 4 saturated carbocycles. The van der Waals surface area contributed by atoms with E-state index in [-0.39, 0.29) is 10.8 Å². The van der Waals surface area contributed by atoms with E-state index in [1.807, 2.05) is 12.1 Å². The zero-order valence-corrected chi connectivity index (χ0v) is 34.1. The summed E-state index contributed by atoms with van der Waals surface area (Å²) in [6.07, 6.45) is 16.5. The van der Waals surface area contributed by atoms with Crippen molar-refractivity contribution in [1.82, 2.24) is 10.2 Å². The lowest BCUT2D eigenvalue weighted by Gasteiger charge is -2.72. The average molecular weight is 733 g/mol. The first-order chi connectivity index (χ1) is 24.5. The molecular weight excluding hydrogens is 665 g/mol.